The van der Waals surface area contributed by atoms with Crippen LogP contribution in [0.1, 0.15) is 41.2 Å². The highest BCUT2D eigenvalue weighted by atomic mass is 19.2. The second-order valence-electron chi connectivity index (χ2n) is 7.68. The Morgan fingerprint density at radius 1 is 0.588 bits per heavy atom. The molecule has 4 aromatic rings. The first kappa shape index (κ1) is 23.1. The summed E-state index contributed by atoms with van der Waals surface area (Å²) in [6.07, 6.45) is 2.01. The largest absolute Gasteiger partial charge is 0.205 e. The second-order valence-corrected chi connectivity index (χ2v) is 7.68. The predicted molar refractivity (Wildman–Crippen MR) is 123 cm³/mol. The molecule has 0 atom stereocenters. The van der Waals surface area contributed by atoms with Crippen LogP contribution in [0.3, 0.4) is 0 Å². The molecule has 0 spiro atoms. The summed E-state index contributed by atoms with van der Waals surface area (Å²) in [5.41, 5.74) is 1.89. The molecular weight excluding hydrogens is 443 g/mol. The lowest BCUT2D eigenvalue weighted by Crippen LogP contribution is -1.93. The van der Waals surface area contributed by atoms with E-state index in [9.17, 15) is 22.0 Å². The molecule has 0 saturated carbocycles. The van der Waals surface area contributed by atoms with Crippen molar-refractivity contribution >= 4 is 10.8 Å². The Morgan fingerprint density at radius 3 is 1.88 bits per heavy atom. The van der Waals surface area contributed by atoms with Gasteiger partial charge in [-0.1, -0.05) is 55.2 Å². The Morgan fingerprint density at radius 2 is 1.21 bits per heavy atom. The monoisotopic (exact) mass is 460 g/mol. The van der Waals surface area contributed by atoms with Crippen LogP contribution >= 0.6 is 0 Å². The van der Waals surface area contributed by atoms with Gasteiger partial charge in [0.15, 0.2) is 17.5 Å². The third-order valence-electron chi connectivity index (χ3n) is 5.19. The van der Waals surface area contributed by atoms with E-state index >= 15 is 0 Å². The molecule has 4 aromatic carbocycles. The van der Waals surface area contributed by atoms with Crippen LogP contribution in [-0.4, -0.2) is 0 Å². The molecule has 34 heavy (non-hydrogen) atoms. The van der Waals surface area contributed by atoms with E-state index in [1.807, 2.05) is 24.3 Å². The van der Waals surface area contributed by atoms with Crippen LogP contribution in [0.25, 0.3) is 10.8 Å². The van der Waals surface area contributed by atoms with Gasteiger partial charge in [-0.25, -0.2) is 22.0 Å². The van der Waals surface area contributed by atoms with Gasteiger partial charge in [-0.05, 0) is 59.8 Å². The van der Waals surface area contributed by atoms with Crippen molar-refractivity contribution in [2.75, 3.05) is 0 Å². The molecule has 0 aromatic heterocycles. The molecule has 0 aliphatic carbocycles. The first-order valence-electron chi connectivity index (χ1n) is 10.5. The Labute approximate surface area is 194 Å². The molecule has 0 unspecified atom stereocenters. The number of rotatable bonds is 2. The van der Waals surface area contributed by atoms with Gasteiger partial charge in [-0.15, -0.1) is 0 Å². The van der Waals surface area contributed by atoms with Crippen LogP contribution in [0, 0.1) is 52.8 Å². The van der Waals surface area contributed by atoms with E-state index in [2.05, 4.69) is 30.6 Å². The molecule has 0 amide bonds. The van der Waals surface area contributed by atoms with Gasteiger partial charge in [0, 0.05) is 22.1 Å². The Bertz CT molecular complexity index is 1490. The molecule has 0 radical (unpaired) electrons. The van der Waals surface area contributed by atoms with E-state index in [-0.39, 0.29) is 21.9 Å². The van der Waals surface area contributed by atoms with E-state index in [1.54, 1.807) is 0 Å². The SMILES string of the molecule is CCCc1ccc(C#Cc2cc(F)c(C#Cc3ccc4c(F)c(F)c(F)cc4c3)c(F)c2)cc1. The van der Waals surface area contributed by atoms with E-state index < -0.39 is 34.6 Å². The number of halogens is 5. The van der Waals surface area contributed by atoms with Crippen molar-refractivity contribution in [3.63, 3.8) is 0 Å². The predicted octanol–water partition coefficient (Wildman–Crippen LogP) is 7.29. The summed E-state index contributed by atoms with van der Waals surface area (Å²) >= 11 is 0. The number of aryl methyl sites for hydroxylation is 1. The van der Waals surface area contributed by atoms with Gasteiger partial charge in [0.2, 0.25) is 0 Å². The van der Waals surface area contributed by atoms with E-state index in [0.29, 0.717) is 0 Å². The lowest BCUT2D eigenvalue weighted by molar-refractivity contribution is 0.453. The van der Waals surface area contributed by atoms with Crippen LogP contribution in [-0.2, 0) is 6.42 Å². The zero-order valence-electron chi connectivity index (χ0n) is 18.1. The highest BCUT2D eigenvalue weighted by molar-refractivity contribution is 5.84. The third-order valence-corrected chi connectivity index (χ3v) is 5.19. The normalized spacial score (nSPS) is 10.4. The Kier molecular flexibility index (Phi) is 6.66. The average Bonchev–Trinajstić information content (AvgIpc) is 2.82. The van der Waals surface area contributed by atoms with Gasteiger partial charge < -0.3 is 0 Å². The summed E-state index contributed by atoms with van der Waals surface area (Å²) in [5, 5.41) is -0.0396. The van der Waals surface area contributed by atoms with Crippen molar-refractivity contribution in [3.05, 3.63) is 118 Å². The minimum absolute atomic E-state index is 0.0810. The molecule has 0 aliphatic rings. The molecule has 0 heterocycles. The molecule has 0 saturated heterocycles. The minimum atomic E-state index is -1.56. The van der Waals surface area contributed by atoms with E-state index in [0.717, 1.165) is 36.6 Å². The standard InChI is InChI=1S/C29H17F5/c1-2-3-18-4-6-19(7-5-18)8-9-21-15-25(30)24(26(31)16-21)13-11-20-10-12-23-22(14-20)17-27(32)29(34)28(23)33/h4-7,10,12,14-17H,2-3H2,1H3. The molecule has 5 heteroatoms. The lowest BCUT2D eigenvalue weighted by atomic mass is 10.0. The molecule has 0 fully saturated rings. The molecule has 0 N–H and O–H groups in total. The topological polar surface area (TPSA) is 0 Å². The molecular formula is C29H17F5. The fraction of sp³-hybridized carbons (Fsp3) is 0.103. The quantitative estimate of drug-likeness (QED) is 0.167. The van der Waals surface area contributed by atoms with Gasteiger partial charge in [0.1, 0.15) is 11.6 Å². The summed E-state index contributed by atoms with van der Waals surface area (Å²) in [6, 6.07) is 14.6. The highest BCUT2D eigenvalue weighted by Gasteiger charge is 2.13. The van der Waals surface area contributed by atoms with Crippen molar-refractivity contribution in [2.45, 2.75) is 19.8 Å². The van der Waals surface area contributed by atoms with E-state index in [1.165, 1.54) is 23.8 Å². The maximum atomic E-state index is 14.5. The summed E-state index contributed by atoms with van der Waals surface area (Å²) in [7, 11) is 0. The van der Waals surface area contributed by atoms with E-state index in [4.69, 9.17) is 0 Å². The number of benzene rings is 4. The third kappa shape index (κ3) is 4.95. The van der Waals surface area contributed by atoms with Crippen LogP contribution in [0.4, 0.5) is 22.0 Å². The van der Waals surface area contributed by atoms with Crippen molar-refractivity contribution in [1.29, 1.82) is 0 Å². The highest BCUT2D eigenvalue weighted by Crippen LogP contribution is 2.24. The number of hydrogen-bond acceptors (Lipinski definition) is 0. The average molecular weight is 460 g/mol. The molecule has 168 valence electrons. The maximum Gasteiger partial charge on any atom is 0.195 e. The van der Waals surface area contributed by atoms with Crippen LogP contribution in [0.2, 0.25) is 0 Å². The van der Waals surface area contributed by atoms with Crippen LogP contribution < -0.4 is 0 Å². The fourth-order valence-corrected chi connectivity index (χ4v) is 3.47. The van der Waals surface area contributed by atoms with Crippen LogP contribution in [0.15, 0.2) is 60.7 Å². The van der Waals surface area contributed by atoms with Gasteiger partial charge in [0.05, 0.1) is 5.56 Å². The lowest BCUT2D eigenvalue weighted by Gasteiger charge is -2.03. The number of fused-ring (bicyclic) bond motifs is 1. The Hall–Kier alpha value is -4.09. The first-order chi connectivity index (χ1) is 16.4. The zero-order chi connectivity index (χ0) is 24.2. The first-order valence-corrected chi connectivity index (χ1v) is 10.5. The summed E-state index contributed by atoms with van der Waals surface area (Å²) < 4.78 is 69.8. The van der Waals surface area contributed by atoms with Gasteiger partial charge in [-0.3, -0.25) is 0 Å². The summed E-state index contributed by atoms with van der Waals surface area (Å²) in [4.78, 5) is 0. The smallest absolute Gasteiger partial charge is 0.195 e. The van der Waals surface area contributed by atoms with Crippen LogP contribution in [0.5, 0.6) is 0 Å². The van der Waals surface area contributed by atoms with Crippen molar-refractivity contribution < 1.29 is 22.0 Å². The minimum Gasteiger partial charge on any atom is -0.205 e. The molecule has 0 bridgehead atoms. The molecule has 4 rings (SSSR count). The number of hydrogen-bond donors (Lipinski definition) is 0. The fourth-order valence-electron chi connectivity index (χ4n) is 3.47. The van der Waals surface area contributed by atoms with Gasteiger partial charge >= 0.3 is 0 Å². The van der Waals surface area contributed by atoms with Gasteiger partial charge in [-0.2, -0.15) is 0 Å². The summed E-state index contributed by atoms with van der Waals surface area (Å²) in [5.74, 6) is 4.66. The zero-order valence-corrected chi connectivity index (χ0v) is 18.1. The van der Waals surface area contributed by atoms with Crippen molar-refractivity contribution in [3.8, 4) is 23.7 Å². The second kappa shape index (κ2) is 9.81. The Balaban J connectivity index is 1.60. The molecule has 0 nitrogen and oxygen atoms in total. The van der Waals surface area contributed by atoms with Crippen molar-refractivity contribution in [2.24, 2.45) is 0 Å². The van der Waals surface area contributed by atoms with Crippen molar-refractivity contribution in [1.82, 2.24) is 0 Å². The maximum absolute atomic E-state index is 14.5. The summed E-state index contributed by atoms with van der Waals surface area (Å²) in [6.45, 7) is 2.09. The van der Waals surface area contributed by atoms with Gasteiger partial charge in [0.25, 0.3) is 0 Å². The molecule has 0 aliphatic heterocycles.